The molecule has 1 atom stereocenters. The van der Waals surface area contributed by atoms with Gasteiger partial charge in [-0.3, -0.25) is 9.69 Å². The van der Waals surface area contributed by atoms with Crippen molar-refractivity contribution in [3.8, 4) is 0 Å². The molecule has 2 aliphatic heterocycles. The molecule has 1 aromatic rings. The predicted molar refractivity (Wildman–Crippen MR) is 90.4 cm³/mol. The van der Waals surface area contributed by atoms with Crippen LogP contribution in [0.15, 0.2) is 0 Å². The summed E-state index contributed by atoms with van der Waals surface area (Å²) in [6.07, 6.45) is 4.55. The third kappa shape index (κ3) is 3.43. The number of amides is 1. The topological polar surface area (TPSA) is 36.4 Å². The van der Waals surface area contributed by atoms with Gasteiger partial charge in [0.15, 0.2) is 0 Å². The van der Waals surface area contributed by atoms with E-state index in [9.17, 15) is 9.18 Å². The second-order valence-electron chi connectivity index (χ2n) is 6.83. The van der Waals surface area contributed by atoms with E-state index in [4.69, 9.17) is 0 Å². The van der Waals surface area contributed by atoms with Crippen LogP contribution >= 0.6 is 11.3 Å². The van der Waals surface area contributed by atoms with Gasteiger partial charge in [-0.05, 0) is 46.1 Å². The number of carbonyl (C=O) groups is 1. The monoisotopic (exact) mass is 339 g/mol. The lowest BCUT2D eigenvalue weighted by atomic mass is 9.88. The molecular weight excluding hydrogens is 313 g/mol. The van der Waals surface area contributed by atoms with Crippen molar-refractivity contribution >= 4 is 17.2 Å². The lowest BCUT2D eigenvalue weighted by Crippen LogP contribution is -2.47. The highest BCUT2D eigenvalue weighted by Gasteiger charge is 2.45. The van der Waals surface area contributed by atoms with E-state index in [0.717, 1.165) is 56.0 Å². The van der Waals surface area contributed by atoms with Gasteiger partial charge in [0.25, 0.3) is 0 Å². The molecule has 3 rings (SSSR count). The largest absolute Gasteiger partial charge is 0.334 e. The fourth-order valence-electron chi connectivity index (χ4n) is 4.16. The van der Waals surface area contributed by atoms with Gasteiger partial charge in [0.05, 0.1) is 10.7 Å². The highest BCUT2D eigenvalue weighted by molar-refractivity contribution is 7.11. The third-order valence-corrected chi connectivity index (χ3v) is 6.42. The van der Waals surface area contributed by atoms with Gasteiger partial charge in [-0.15, -0.1) is 11.3 Å². The van der Waals surface area contributed by atoms with E-state index in [1.54, 1.807) is 11.3 Å². The lowest BCUT2D eigenvalue weighted by molar-refractivity contribution is -0.131. The number of carbonyl (C=O) groups excluding carboxylic acids is 1. The standard InChI is InChI=1S/C17H26FN3OS/c1-13-15(23-14(2)19-13)12-20-9-3-5-17(7-10-20)6-4-16(22)21(17)11-8-18/h3-12H2,1-2H3/t17-/m1/s1. The quantitative estimate of drug-likeness (QED) is 0.846. The second-order valence-corrected chi connectivity index (χ2v) is 8.12. The van der Waals surface area contributed by atoms with Gasteiger partial charge in [-0.1, -0.05) is 0 Å². The molecule has 23 heavy (non-hydrogen) atoms. The van der Waals surface area contributed by atoms with Crippen LogP contribution in [0.3, 0.4) is 0 Å². The fraction of sp³-hybridized carbons (Fsp3) is 0.765. The molecule has 128 valence electrons. The van der Waals surface area contributed by atoms with E-state index >= 15 is 0 Å². The third-order valence-electron chi connectivity index (χ3n) is 5.36. The highest BCUT2D eigenvalue weighted by Crippen LogP contribution is 2.39. The summed E-state index contributed by atoms with van der Waals surface area (Å²) >= 11 is 1.78. The van der Waals surface area contributed by atoms with Crippen LogP contribution in [-0.4, -0.2) is 52.5 Å². The summed E-state index contributed by atoms with van der Waals surface area (Å²) in [5.74, 6) is 0.144. The Balaban J connectivity index is 1.67. The van der Waals surface area contributed by atoms with Crippen molar-refractivity contribution in [3.63, 3.8) is 0 Å². The number of aromatic nitrogens is 1. The van der Waals surface area contributed by atoms with Crippen molar-refractivity contribution in [3.05, 3.63) is 15.6 Å². The van der Waals surface area contributed by atoms with Crippen LogP contribution in [0.25, 0.3) is 0 Å². The summed E-state index contributed by atoms with van der Waals surface area (Å²) < 4.78 is 12.9. The number of aryl methyl sites for hydroxylation is 2. The molecular formula is C17H26FN3OS. The Morgan fingerprint density at radius 3 is 2.78 bits per heavy atom. The SMILES string of the molecule is Cc1nc(C)c(CN2CCC[C@@]3(CCC(=O)N3CCF)CC2)s1. The summed E-state index contributed by atoms with van der Waals surface area (Å²) in [4.78, 5) is 22.3. The minimum atomic E-state index is -0.434. The van der Waals surface area contributed by atoms with Gasteiger partial charge in [0.2, 0.25) is 5.91 Å². The zero-order valence-electron chi connectivity index (χ0n) is 14.1. The molecule has 0 unspecified atom stereocenters. The Morgan fingerprint density at radius 1 is 1.26 bits per heavy atom. The van der Waals surface area contributed by atoms with Gasteiger partial charge in [-0.25, -0.2) is 9.37 Å². The Hall–Kier alpha value is -1.01. The average Bonchev–Trinajstić information content (AvgIpc) is 2.89. The zero-order valence-corrected chi connectivity index (χ0v) is 14.9. The van der Waals surface area contributed by atoms with Gasteiger partial charge < -0.3 is 4.90 Å². The number of likely N-dealkylation sites (tertiary alicyclic amines) is 2. The van der Waals surface area contributed by atoms with Crippen molar-refractivity contribution in [1.82, 2.24) is 14.8 Å². The number of hydrogen-bond acceptors (Lipinski definition) is 4. The molecule has 1 spiro atoms. The zero-order chi connectivity index (χ0) is 16.4. The van der Waals surface area contributed by atoms with Crippen molar-refractivity contribution in [2.75, 3.05) is 26.3 Å². The second kappa shape index (κ2) is 6.85. The lowest BCUT2D eigenvalue weighted by Gasteiger charge is -2.37. The van der Waals surface area contributed by atoms with Gasteiger partial charge in [-0.2, -0.15) is 0 Å². The maximum Gasteiger partial charge on any atom is 0.223 e. The van der Waals surface area contributed by atoms with Crippen LogP contribution < -0.4 is 0 Å². The molecule has 0 radical (unpaired) electrons. The van der Waals surface area contributed by atoms with Crippen molar-refractivity contribution in [2.45, 2.75) is 58.0 Å². The fourth-order valence-corrected chi connectivity index (χ4v) is 5.14. The molecule has 0 aliphatic carbocycles. The molecule has 3 heterocycles. The Labute approximate surface area is 141 Å². The highest BCUT2D eigenvalue weighted by atomic mass is 32.1. The molecule has 2 aliphatic rings. The number of hydrogen-bond donors (Lipinski definition) is 0. The molecule has 0 bridgehead atoms. The minimum Gasteiger partial charge on any atom is -0.334 e. The van der Waals surface area contributed by atoms with Crippen LogP contribution in [0.4, 0.5) is 4.39 Å². The first-order valence-corrected chi connectivity index (χ1v) is 9.37. The van der Waals surface area contributed by atoms with E-state index in [0.29, 0.717) is 6.42 Å². The minimum absolute atomic E-state index is 0.0867. The number of thiazole rings is 1. The van der Waals surface area contributed by atoms with E-state index in [2.05, 4.69) is 23.7 Å². The average molecular weight is 339 g/mol. The first-order chi connectivity index (χ1) is 11.0. The number of nitrogens with zero attached hydrogens (tertiary/aromatic N) is 3. The number of halogens is 1. The summed E-state index contributed by atoms with van der Waals surface area (Å²) in [7, 11) is 0. The van der Waals surface area contributed by atoms with Crippen LogP contribution in [0.2, 0.25) is 0 Å². The van der Waals surface area contributed by atoms with Gasteiger partial charge in [0, 0.05) is 36.5 Å². The summed E-state index contributed by atoms with van der Waals surface area (Å²) in [5.41, 5.74) is 1.05. The normalized spacial score (nSPS) is 26.2. The smallest absolute Gasteiger partial charge is 0.223 e. The Kier molecular flexibility index (Phi) is 5.01. The summed E-state index contributed by atoms with van der Waals surface area (Å²) in [5, 5.41) is 1.12. The molecule has 0 aromatic carbocycles. The van der Waals surface area contributed by atoms with Crippen molar-refractivity contribution in [1.29, 1.82) is 0 Å². The maximum atomic E-state index is 12.9. The predicted octanol–water partition coefficient (Wildman–Crippen LogP) is 3.08. The molecule has 0 N–H and O–H groups in total. The van der Waals surface area contributed by atoms with Crippen LogP contribution in [0, 0.1) is 13.8 Å². The van der Waals surface area contributed by atoms with Crippen LogP contribution in [0.1, 0.15) is 47.7 Å². The number of alkyl halides is 1. The van der Waals surface area contributed by atoms with E-state index in [1.165, 1.54) is 4.88 Å². The Morgan fingerprint density at radius 2 is 2.09 bits per heavy atom. The summed E-state index contributed by atoms with van der Waals surface area (Å²) in [6.45, 7) is 6.95. The first-order valence-electron chi connectivity index (χ1n) is 8.56. The molecule has 1 amide bonds. The molecule has 2 fully saturated rings. The van der Waals surface area contributed by atoms with Crippen LogP contribution in [-0.2, 0) is 11.3 Å². The molecule has 0 saturated carbocycles. The van der Waals surface area contributed by atoms with Crippen molar-refractivity contribution < 1.29 is 9.18 Å². The van der Waals surface area contributed by atoms with E-state index < -0.39 is 6.67 Å². The van der Waals surface area contributed by atoms with Gasteiger partial charge >= 0.3 is 0 Å². The molecule has 2 saturated heterocycles. The maximum absolute atomic E-state index is 12.9. The molecule has 1 aromatic heterocycles. The van der Waals surface area contributed by atoms with E-state index in [-0.39, 0.29) is 18.0 Å². The number of rotatable bonds is 4. The van der Waals surface area contributed by atoms with E-state index in [1.807, 2.05) is 4.90 Å². The Bertz CT molecular complexity index is 576. The molecule has 4 nitrogen and oxygen atoms in total. The van der Waals surface area contributed by atoms with Crippen LogP contribution in [0.5, 0.6) is 0 Å². The first kappa shape index (κ1) is 16.8. The van der Waals surface area contributed by atoms with Crippen molar-refractivity contribution in [2.24, 2.45) is 0 Å². The molecule has 6 heteroatoms. The summed E-state index contributed by atoms with van der Waals surface area (Å²) in [6, 6.07) is 0. The van der Waals surface area contributed by atoms with Gasteiger partial charge in [0.1, 0.15) is 6.67 Å².